The molecule has 0 aliphatic carbocycles. The van der Waals surface area contributed by atoms with Gasteiger partial charge in [0.15, 0.2) is 0 Å². The summed E-state index contributed by atoms with van der Waals surface area (Å²) in [6.07, 6.45) is 0. The van der Waals surface area contributed by atoms with E-state index in [0.717, 1.165) is 5.56 Å². The summed E-state index contributed by atoms with van der Waals surface area (Å²) in [7, 11) is 0. The Morgan fingerprint density at radius 1 is 1.15 bits per heavy atom. The zero-order valence-electron chi connectivity index (χ0n) is 12.3. The normalized spacial score (nSPS) is 12.3. The summed E-state index contributed by atoms with van der Waals surface area (Å²) < 4.78 is 0. The van der Waals surface area contributed by atoms with Crippen LogP contribution in [0.2, 0.25) is 0 Å². The molecular weight excluding hydrogens is 256 g/mol. The van der Waals surface area contributed by atoms with Gasteiger partial charge in [-0.2, -0.15) is 0 Å². The maximum Gasteiger partial charge on any atom is 0.326 e. The van der Waals surface area contributed by atoms with Crippen LogP contribution in [0, 0.1) is 5.92 Å². The van der Waals surface area contributed by atoms with Gasteiger partial charge < -0.3 is 15.7 Å². The second kappa shape index (κ2) is 6.93. The van der Waals surface area contributed by atoms with Crippen molar-refractivity contribution in [2.75, 3.05) is 5.32 Å². The fourth-order valence-corrected chi connectivity index (χ4v) is 1.80. The van der Waals surface area contributed by atoms with E-state index in [1.807, 2.05) is 18.2 Å². The first kappa shape index (κ1) is 16.0. The van der Waals surface area contributed by atoms with Crippen LogP contribution in [0.5, 0.6) is 0 Å². The van der Waals surface area contributed by atoms with Gasteiger partial charge in [-0.1, -0.05) is 39.8 Å². The molecular formula is C15H22N2O3. The number of hydrogen-bond donors (Lipinski definition) is 3. The second-order valence-electron chi connectivity index (χ2n) is 5.44. The van der Waals surface area contributed by atoms with Crippen LogP contribution in [0.3, 0.4) is 0 Å². The van der Waals surface area contributed by atoms with Crippen LogP contribution in [-0.2, 0) is 4.79 Å². The summed E-state index contributed by atoms with van der Waals surface area (Å²) in [4.78, 5) is 22.9. The van der Waals surface area contributed by atoms with Crippen molar-refractivity contribution in [3.63, 3.8) is 0 Å². The molecule has 0 spiro atoms. The standard InChI is InChI=1S/C15H22N2O3/c1-9(2)11-6-5-7-12(8-11)16-15(20)17-13(10(3)4)14(18)19/h5-10,13H,1-4H3,(H,18,19)(H2,16,17,20)/t13-/m0/s1. The predicted molar refractivity (Wildman–Crippen MR) is 78.9 cm³/mol. The lowest BCUT2D eigenvalue weighted by molar-refractivity contribution is -0.140. The predicted octanol–water partition coefficient (Wildman–Crippen LogP) is 3.04. The molecule has 5 nitrogen and oxygen atoms in total. The van der Waals surface area contributed by atoms with Crippen LogP contribution in [0.25, 0.3) is 0 Å². The van der Waals surface area contributed by atoms with Crippen molar-refractivity contribution >= 4 is 17.7 Å². The number of nitrogens with one attached hydrogen (secondary N) is 2. The Bertz CT molecular complexity index is 484. The zero-order valence-corrected chi connectivity index (χ0v) is 12.3. The number of hydrogen-bond acceptors (Lipinski definition) is 2. The number of carbonyl (C=O) groups is 2. The Balaban J connectivity index is 2.71. The fraction of sp³-hybridized carbons (Fsp3) is 0.467. The molecule has 3 N–H and O–H groups in total. The van der Waals surface area contributed by atoms with Gasteiger partial charge >= 0.3 is 12.0 Å². The number of benzene rings is 1. The lowest BCUT2D eigenvalue weighted by atomic mass is 10.0. The Morgan fingerprint density at radius 2 is 1.80 bits per heavy atom. The molecule has 0 unspecified atom stereocenters. The average Bonchev–Trinajstić information content (AvgIpc) is 2.35. The summed E-state index contributed by atoms with van der Waals surface area (Å²) in [6.45, 7) is 7.63. The number of carboxylic acids is 1. The minimum Gasteiger partial charge on any atom is -0.480 e. The van der Waals surface area contributed by atoms with Gasteiger partial charge in [0.05, 0.1) is 0 Å². The SMILES string of the molecule is CC(C)c1cccc(NC(=O)N[C@H](C(=O)O)C(C)C)c1. The van der Waals surface area contributed by atoms with Gasteiger partial charge in [-0.05, 0) is 29.5 Å². The van der Waals surface area contributed by atoms with Crippen molar-refractivity contribution in [1.82, 2.24) is 5.32 Å². The maximum absolute atomic E-state index is 11.8. The van der Waals surface area contributed by atoms with E-state index in [1.165, 1.54) is 0 Å². The number of aliphatic carboxylic acids is 1. The summed E-state index contributed by atoms with van der Waals surface area (Å²) in [5.41, 5.74) is 1.77. The van der Waals surface area contributed by atoms with Crippen LogP contribution >= 0.6 is 0 Å². The van der Waals surface area contributed by atoms with Gasteiger partial charge in [0.25, 0.3) is 0 Å². The molecule has 0 heterocycles. The van der Waals surface area contributed by atoms with Crippen molar-refractivity contribution in [3.8, 4) is 0 Å². The van der Waals surface area contributed by atoms with E-state index in [2.05, 4.69) is 24.5 Å². The number of carbonyl (C=O) groups excluding carboxylic acids is 1. The molecule has 0 saturated heterocycles. The topological polar surface area (TPSA) is 78.4 Å². The van der Waals surface area contributed by atoms with Crippen LogP contribution in [0.1, 0.15) is 39.2 Å². The van der Waals surface area contributed by atoms with Gasteiger partial charge in [0.2, 0.25) is 0 Å². The van der Waals surface area contributed by atoms with E-state index in [-0.39, 0.29) is 5.92 Å². The van der Waals surface area contributed by atoms with Crippen molar-refractivity contribution < 1.29 is 14.7 Å². The number of carboxylic acid groups (broad SMARTS) is 1. The molecule has 1 aromatic carbocycles. The Labute approximate surface area is 119 Å². The molecule has 1 atom stereocenters. The zero-order chi connectivity index (χ0) is 15.3. The van der Waals surface area contributed by atoms with Crippen LogP contribution < -0.4 is 10.6 Å². The number of amides is 2. The first-order chi connectivity index (χ1) is 9.31. The van der Waals surface area contributed by atoms with Crippen molar-refractivity contribution in [1.29, 1.82) is 0 Å². The van der Waals surface area contributed by atoms with Gasteiger partial charge in [-0.15, -0.1) is 0 Å². The van der Waals surface area contributed by atoms with Crippen LogP contribution in [0.15, 0.2) is 24.3 Å². The quantitative estimate of drug-likeness (QED) is 0.774. The first-order valence-electron chi connectivity index (χ1n) is 6.71. The molecule has 0 radical (unpaired) electrons. The highest BCUT2D eigenvalue weighted by atomic mass is 16.4. The highest BCUT2D eigenvalue weighted by molar-refractivity contribution is 5.92. The fourth-order valence-electron chi connectivity index (χ4n) is 1.80. The molecule has 0 fully saturated rings. The molecule has 0 aromatic heterocycles. The number of rotatable bonds is 5. The Kier molecular flexibility index (Phi) is 5.55. The number of urea groups is 1. The third-order valence-electron chi connectivity index (χ3n) is 3.03. The van der Waals surface area contributed by atoms with Gasteiger partial charge in [0.1, 0.15) is 6.04 Å². The minimum atomic E-state index is -1.04. The molecule has 5 heteroatoms. The lowest BCUT2D eigenvalue weighted by Crippen LogP contribution is -2.46. The van der Waals surface area contributed by atoms with Crippen LogP contribution in [0.4, 0.5) is 10.5 Å². The maximum atomic E-state index is 11.8. The van der Waals surface area contributed by atoms with E-state index >= 15 is 0 Å². The third-order valence-corrected chi connectivity index (χ3v) is 3.03. The molecule has 2 amide bonds. The molecule has 0 aliphatic rings. The first-order valence-corrected chi connectivity index (χ1v) is 6.71. The average molecular weight is 278 g/mol. The molecule has 0 saturated carbocycles. The molecule has 0 bridgehead atoms. The van der Waals surface area contributed by atoms with E-state index in [4.69, 9.17) is 5.11 Å². The number of anilines is 1. The third kappa shape index (κ3) is 4.57. The van der Waals surface area contributed by atoms with Crippen molar-refractivity contribution in [2.45, 2.75) is 39.7 Å². The second-order valence-corrected chi connectivity index (χ2v) is 5.44. The highest BCUT2D eigenvalue weighted by Gasteiger charge is 2.23. The monoisotopic (exact) mass is 278 g/mol. The van der Waals surface area contributed by atoms with Gasteiger partial charge in [-0.25, -0.2) is 9.59 Å². The lowest BCUT2D eigenvalue weighted by Gasteiger charge is -2.18. The minimum absolute atomic E-state index is 0.180. The summed E-state index contributed by atoms with van der Waals surface area (Å²) >= 11 is 0. The van der Waals surface area contributed by atoms with E-state index < -0.39 is 18.0 Å². The molecule has 20 heavy (non-hydrogen) atoms. The van der Waals surface area contributed by atoms with E-state index in [1.54, 1.807) is 19.9 Å². The Morgan fingerprint density at radius 3 is 2.30 bits per heavy atom. The van der Waals surface area contributed by atoms with E-state index in [0.29, 0.717) is 11.6 Å². The molecule has 1 rings (SSSR count). The summed E-state index contributed by atoms with van der Waals surface area (Å²) in [5, 5.41) is 14.2. The molecule has 110 valence electrons. The summed E-state index contributed by atoms with van der Waals surface area (Å²) in [6, 6.07) is 6.10. The smallest absolute Gasteiger partial charge is 0.326 e. The van der Waals surface area contributed by atoms with Crippen molar-refractivity contribution in [3.05, 3.63) is 29.8 Å². The largest absolute Gasteiger partial charge is 0.480 e. The van der Waals surface area contributed by atoms with Gasteiger partial charge in [0, 0.05) is 5.69 Å². The Hall–Kier alpha value is -2.04. The summed E-state index contributed by atoms with van der Waals surface area (Å²) in [5.74, 6) is -0.853. The van der Waals surface area contributed by atoms with Gasteiger partial charge in [-0.3, -0.25) is 0 Å². The molecule has 0 aliphatic heterocycles. The highest BCUT2D eigenvalue weighted by Crippen LogP contribution is 2.18. The van der Waals surface area contributed by atoms with Crippen LogP contribution in [-0.4, -0.2) is 23.1 Å². The van der Waals surface area contributed by atoms with E-state index in [9.17, 15) is 9.59 Å². The van der Waals surface area contributed by atoms with Crippen molar-refractivity contribution in [2.24, 2.45) is 5.92 Å². The molecule has 1 aromatic rings.